The van der Waals surface area contributed by atoms with E-state index in [1.54, 1.807) is 31.3 Å². The first-order chi connectivity index (χ1) is 15.5. The molecule has 0 saturated carbocycles. The molecule has 1 aliphatic rings. The summed E-state index contributed by atoms with van der Waals surface area (Å²) in [5, 5.41) is 7.81. The van der Waals surface area contributed by atoms with Gasteiger partial charge in [0.1, 0.15) is 5.75 Å². The SMILES string of the molecule is COCCN1C(=O)NC(c2ccc(Cl)cc2)C(c2nc(-c3ccc(OC)cc3)no2)=C1C. The summed E-state index contributed by atoms with van der Waals surface area (Å²) < 4.78 is 16.0. The molecule has 0 bridgehead atoms. The lowest BCUT2D eigenvalue weighted by atomic mass is 9.94. The second-order valence-corrected chi connectivity index (χ2v) is 7.67. The van der Waals surface area contributed by atoms with Gasteiger partial charge in [0.2, 0.25) is 5.82 Å². The van der Waals surface area contributed by atoms with Gasteiger partial charge in [0.25, 0.3) is 5.89 Å². The van der Waals surface area contributed by atoms with Gasteiger partial charge in [0.15, 0.2) is 0 Å². The molecule has 3 aromatic rings. The van der Waals surface area contributed by atoms with Crippen LogP contribution in [0.3, 0.4) is 0 Å². The maximum absolute atomic E-state index is 12.8. The van der Waals surface area contributed by atoms with Gasteiger partial charge in [-0.1, -0.05) is 28.9 Å². The average molecular weight is 455 g/mol. The molecule has 4 rings (SSSR count). The minimum atomic E-state index is -0.470. The molecule has 1 aromatic heterocycles. The standard InChI is InChI=1S/C23H23ClN4O4/c1-14-19(22-26-21(27-32-22)16-6-10-18(31-3)11-7-16)20(15-4-8-17(24)9-5-15)25-23(29)28(14)12-13-30-2/h4-11,20H,12-13H2,1-3H3,(H,25,29). The van der Waals surface area contributed by atoms with Gasteiger partial charge in [0.05, 0.1) is 31.9 Å². The number of nitrogens with one attached hydrogen (secondary N) is 1. The fourth-order valence-corrected chi connectivity index (χ4v) is 3.73. The number of carbonyl (C=O) groups is 1. The van der Waals surface area contributed by atoms with E-state index in [-0.39, 0.29) is 6.03 Å². The Kier molecular flexibility index (Phi) is 6.43. The zero-order valence-corrected chi connectivity index (χ0v) is 18.7. The van der Waals surface area contributed by atoms with Crippen molar-refractivity contribution in [3.8, 4) is 17.1 Å². The predicted octanol–water partition coefficient (Wildman–Crippen LogP) is 4.54. The van der Waals surface area contributed by atoms with E-state index in [2.05, 4.69) is 15.5 Å². The molecule has 166 valence electrons. The summed E-state index contributed by atoms with van der Waals surface area (Å²) in [6.45, 7) is 2.65. The van der Waals surface area contributed by atoms with Crippen molar-refractivity contribution in [2.45, 2.75) is 13.0 Å². The van der Waals surface area contributed by atoms with Crippen LogP contribution in [0.2, 0.25) is 5.02 Å². The minimum Gasteiger partial charge on any atom is -0.497 e. The van der Waals surface area contributed by atoms with Gasteiger partial charge in [-0.2, -0.15) is 4.98 Å². The van der Waals surface area contributed by atoms with Gasteiger partial charge in [-0.3, -0.25) is 4.90 Å². The van der Waals surface area contributed by atoms with Gasteiger partial charge < -0.3 is 19.3 Å². The van der Waals surface area contributed by atoms with E-state index < -0.39 is 6.04 Å². The third-order valence-corrected chi connectivity index (χ3v) is 5.58. The highest BCUT2D eigenvalue weighted by Gasteiger charge is 2.35. The Morgan fingerprint density at radius 2 is 1.84 bits per heavy atom. The molecule has 0 fully saturated rings. The number of amides is 2. The molecule has 2 amide bonds. The van der Waals surface area contributed by atoms with Crippen molar-refractivity contribution in [3.63, 3.8) is 0 Å². The quantitative estimate of drug-likeness (QED) is 0.563. The van der Waals surface area contributed by atoms with Crippen molar-refractivity contribution < 1.29 is 18.8 Å². The molecule has 9 heteroatoms. The Balaban J connectivity index is 1.76. The number of carbonyl (C=O) groups excluding carboxylic acids is 1. The highest BCUT2D eigenvalue weighted by Crippen LogP contribution is 2.37. The lowest BCUT2D eigenvalue weighted by molar-refractivity contribution is 0.158. The fourth-order valence-electron chi connectivity index (χ4n) is 3.61. The molecule has 2 aromatic carbocycles. The van der Waals surface area contributed by atoms with Crippen LogP contribution in [-0.4, -0.2) is 48.4 Å². The number of methoxy groups -OCH3 is 2. The van der Waals surface area contributed by atoms with Crippen LogP contribution < -0.4 is 10.1 Å². The van der Waals surface area contributed by atoms with E-state index in [9.17, 15) is 4.79 Å². The van der Waals surface area contributed by atoms with Gasteiger partial charge in [0, 0.05) is 23.4 Å². The molecular weight excluding hydrogens is 432 g/mol. The second kappa shape index (κ2) is 9.42. The number of benzene rings is 2. The van der Waals surface area contributed by atoms with Crippen LogP contribution in [0.5, 0.6) is 5.75 Å². The fraction of sp³-hybridized carbons (Fsp3) is 0.261. The Morgan fingerprint density at radius 3 is 2.50 bits per heavy atom. The first-order valence-corrected chi connectivity index (χ1v) is 10.4. The first kappa shape index (κ1) is 21.9. The molecule has 0 aliphatic carbocycles. The molecule has 8 nitrogen and oxygen atoms in total. The zero-order valence-electron chi connectivity index (χ0n) is 18.0. The molecule has 0 spiro atoms. The van der Waals surface area contributed by atoms with Crippen LogP contribution in [0, 0.1) is 0 Å². The summed E-state index contributed by atoms with van der Waals surface area (Å²) >= 11 is 6.06. The third-order valence-electron chi connectivity index (χ3n) is 5.32. The maximum Gasteiger partial charge on any atom is 0.322 e. The maximum atomic E-state index is 12.8. The van der Waals surface area contributed by atoms with Gasteiger partial charge in [-0.25, -0.2) is 4.79 Å². The van der Waals surface area contributed by atoms with Crippen molar-refractivity contribution in [2.24, 2.45) is 0 Å². The summed E-state index contributed by atoms with van der Waals surface area (Å²) in [6, 6.07) is 14.0. The molecule has 0 saturated heterocycles. The normalized spacial score (nSPS) is 16.3. The lowest BCUT2D eigenvalue weighted by Gasteiger charge is -2.35. The molecule has 1 aliphatic heterocycles. The number of hydrogen-bond acceptors (Lipinski definition) is 6. The summed E-state index contributed by atoms with van der Waals surface area (Å²) in [6.07, 6.45) is 0. The number of ether oxygens (including phenoxy) is 2. The van der Waals surface area contributed by atoms with E-state index in [0.717, 1.165) is 28.1 Å². The van der Waals surface area contributed by atoms with Crippen LogP contribution in [0.15, 0.2) is 58.8 Å². The number of halogens is 1. The first-order valence-electron chi connectivity index (χ1n) is 10.0. The van der Waals surface area contributed by atoms with Crippen LogP contribution in [0.1, 0.15) is 24.4 Å². The topological polar surface area (TPSA) is 89.7 Å². The van der Waals surface area contributed by atoms with Gasteiger partial charge >= 0.3 is 6.03 Å². The Morgan fingerprint density at radius 1 is 1.12 bits per heavy atom. The highest BCUT2D eigenvalue weighted by atomic mass is 35.5. The van der Waals surface area contributed by atoms with E-state index >= 15 is 0 Å². The van der Waals surface area contributed by atoms with Crippen molar-refractivity contribution in [1.29, 1.82) is 0 Å². The highest BCUT2D eigenvalue weighted by molar-refractivity contribution is 6.30. The van der Waals surface area contributed by atoms with Crippen molar-refractivity contribution >= 4 is 23.2 Å². The van der Waals surface area contributed by atoms with Gasteiger partial charge in [-0.05, 0) is 48.9 Å². The van der Waals surface area contributed by atoms with Crippen molar-refractivity contribution in [1.82, 2.24) is 20.4 Å². The average Bonchev–Trinajstić information content (AvgIpc) is 3.29. The smallest absolute Gasteiger partial charge is 0.322 e. The summed E-state index contributed by atoms with van der Waals surface area (Å²) in [7, 11) is 3.21. The molecule has 1 N–H and O–H groups in total. The Bertz CT molecular complexity index is 1130. The van der Waals surface area contributed by atoms with Crippen LogP contribution >= 0.6 is 11.6 Å². The number of urea groups is 1. The number of hydrogen-bond donors (Lipinski definition) is 1. The zero-order chi connectivity index (χ0) is 22.7. The van der Waals surface area contributed by atoms with Crippen LogP contribution in [-0.2, 0) is 4.74 Å². The van der Waals surface area contributed by atoms with E-state index in [1.807, 2.05) is 43.3 Å². The van der Waals surface area contributed by atoms with Crippen molar-refractivity contribution in [2.75, 3.05) is 27.4 Å². The molecule has 1 atom stereocenters. The van der Waals surface area contributed by atoms with Crippen LogP contribution in [0.4, 0.5) is 4.79 Å². The molecular formula is C23H23ClN4O4. The van der Waals surface area contributed by atoms with Crippen LogP contribution in [0.25, 0.3) is 17.0 Å². The monoisotopic (exact) mass is 454 g/mol. The number of allylic oxidation sites excluding steroid dienone is 1. The molecule has 1 unspecified atom stereocenters. The predicted molar refractivity (Wildman–Crippen MR) is 120 cm³/mol. The summed E-state index contributed by atoms with van der Waals surface area (Å²) in [5.41, 5.74) is 3.08. The minimum absolute atomic E-state index is 0.224. The van der Waals surface area contributed by atoms with Crippen molar-refractivity contribution in [3.05, 3.63) is 70.7 Å². The van der Waals surface area contributed by atoms with E-state index in [1.165, 1.54) is 0 Å². The molecule has 2 heterocycles. The van der Waals surface area contributed by atoms with E-state index in [4.69, 9.17) is 25.6 Å². The summed E-state index contributed by atoms with van der Waals surface area (Å²) in [4.78, 5) is 19.1. The number of rotatable bonds is 7. The van der Waals surface area contributed by atoms with E-state index in [0.29, 0.717) is 29.9 Å². The summed E-state index contributed by atoms with van der Waals surface area (Å²) in [5.74, 6) is 1.51. The molecule has 0 radical (unpaired) electrons. The Labute approximate surface area is 190 Å². The van der Waals surface area contributed by atoms with Gasteiger partial charge in [-0.15, -0.1) is 0 Å². The lowest BCUT2D eigenvalue weighted by Crippen LogP contribution is -2.47. The number of aromatic nitrogens is 2. The number of nitrogens with zero attached hydrogens (tertiary/aromatic N) is 3. The molecule has 32 heavy (non-hydrogen) atoms. The largest absolute Gasteiger partial charge is 0.497 e. The third kappa shape index (κ3) is 4.32. The second-order valence-electron chi connectivity index (χ2n) is 7.23. The Hall–Kier alpha value is -3.36.